The zero-order valence-electron chi connectivity index (χ0n) is 22.0. The molecule has 11 nitrogen and oxygen atoms in total. The van der Waals surface area contributed by atoms with Crippen LogP contribution in [0.15, 0.2) is 54.9 Å². The van der Waals surface area contributed by atoms with E-state index in [0.29, 0.717) is 11.6 Å². The number of anilines is 1. The van der Waals surface area contributed by atoms with Crippen molar-refractivity contribution in [3.05, 3.63) is 71.7 Å². The highest BCUT2D eigenvalue weighted by Crippen LogP contribution is 2.31. The first-order valence-electron chi connectivity index (χ1n) is 13.5. The highest BCUT2D eigenvalue weighted by Gasteiger charge is 2.18. The Kier molecular flexibility index (Phi) is 7.50. The Morgan fingerprint density at radius 1 is 1.03 bits per heavy atom. The Hall–Kier alpha value is -4.22. The molecular formula is C28H32N10O. The summed E-state index contributed by atoms with van der Waals surface area (Å²) in [5.41, 5.74) is 6.62. The summed E-state index contributed by atoms with van der Waals surface area (Å²) in [5.74, 6) is 2.10. The van der Waals surface area contributed by atoms with Gasteiger partial charge in [-0.2, -0.15) is 20.3 Å². The number of nitrogens with one attached hydrogen (secondary N) is 2. The van der Waals surface area contributed by atoms with Gasteiger partial charge in [0.2, 0.25) is 5.82 Å². The zero-order valence-corrected chi connectivity index (χ0v) is 22.0. The first kappa shape index (κ1) is 25.1. The van der Waals surface area contributed by atoms with E-state index in [2.05, 4.69) is 78.2 Å². The first-order valence-corrected chi connectivity index (χ1v) is 13.5. The molecule has 1 fully saturated rings. The molecule has 0 unspecified atom stereocenters. The lowest BCUT2D eigenvalue weighted by Crippen LogP contribution is -2.39. The molecule has 2 N–H and O–H groups in total. The minimum Gasteiger partial charge on any atom is -0.379 e. The Bertz CT molecular complexity index is 1510. The van der Waals surface area contributed by atoms with Crippen molar-refractivity contribution in [3.8, 4) is 22.5 Å². The standard InChI is InChI=1S/C28H32N10O/c1-2-5-25-24(26(32-28-30-19-31-38(25)28)29-12-13-37-14-16-39-17-15-37)18-20-8-10-21(11-9-20)22-6-3-4-7-23(22)27-33-35-36-34-27/h3-4,6-11,19H,2,5,12-18H2,1H3,(H,29,30,31,32)(H,33,34,35,36). The monoisotopic (exact) mass is 524 g/mol. The SMILES string of the molecule is CCCc1c(Cc2ccc(-c3ccccc3-c3nn[nH]n3)cc2)c(NCCN2CCOCC2)nc2ncnn12. The van der Waals surface area contributed by atoms with E-state index in [9.17, 15) is 0 Å². The smallest absolute Gasteiger partial charge is 0.254 e. The largest absolute Gasteiger partial charge is 0.379 e. The molecule has 6 rings (SSSR count). The number of fused-ring (bicyclic) bond motifs is 1. The second-order valence-electron chi connectivity index (χ2n) is 9.64. The number of H-pyrrole nitrogens is 1. The van der Waals surface area contributed by atoms with Crippen molar-refractivity contribution in [2.45, 2.75) is 26.2 Å². The van der Waals surface area contributed by atoms with E-state index in [1.807, 2.05) is 22.7 Å². The number of rotatable bonds is 10. The van der Waals surface area contributed by atoms with E-state index < -0.39 is 0 Å². The van der Waals surface area contributed by atoms with Crippen LogP contribution in [0, 0.1) is 0 Å². The zero-order chi connectivity index (χ0) is 26.4. The molecule has 0 atom stereocenters. The van der Waals surface area contributed by atoms with Gasteiger partial charge in [-0.05, 0) is 28.3 Å². The molecule has 4 heterocycles. The summed E-state index contributed by atoms with van der Waals surface area (Å²) in [6, 6.07) is 16.8. The molecule has 1 aliphatic rings. The molecule has 0 radical (unpaired) electrons. The normalized spacial score (nSPS) is 14.2. The fraction of sp³-hybridized carbons (Fsp3) is 0.357. The summed E-state index contributed by atoms with van der Waals surface area (Å²) in [4.78, 5) is 11.7. The molecule has 0 aliphatic carbocycles. The van der Waals surface area contributed by atoms with Gasteiger partial charge in [0.25, 0.3) is 5.78 Å². The number of ether oxygens (including phenoxy) is 1. The number of morpholine rings is 1. The molecule has 0 amide bonds. The highest BCUT2D eigenvalue weighted by molar-refractivity contribution is 5.80. The Morgan fingerprint density at radius 3 is 2.62 bits per heavy atom. The van der Waals surface area contributed by atoms with E-state index in [4.69, 9.17) is 9.72 Å². The predicted octanol–water partition coefficient (Wildman–Crippen LogP) is 3.26. The van der Waals surface area contributed by atoms with Crippen LogP contribution in [-0.2, 0) is 17.6 Å². The quantitative estimate of drug-likeness (QED) is 0.283. The Morgan fingerprint density at radius 2 is 1.85 bits per heavy atom. The summed E-state index contributed by atoms with van der Waals surface area (Å²) in [5, 5.41) is 22.7. The van der Waals surface area contributed by atoms with Gasteiger partial charge in [0.05, 0.1) is 18.9 Å². The summed E-state index contributed by atoms with van der Waals surface area (Å²) in [6.07, 6.45) is 4.22. The van der Waals surface area contributed by atoms with Crippen LogP contribution >= 0.6 is 0 Å². The van der Waals surface area contributed by atoms with Crippen molar-refractivity contribution >= 4 is 11.6 Å². The number of aryl methyl sites for hydroxylation is 1. The average Bonchev–Trinajstić information content (AvgIpc) is 3.69. The second-order valence-corrected chi connectivity index (χ2v) is 9.64. The number of benzene rings is 2. The maximum Gasteiger partial charge on any atom is 0.254 e. The predicted molar refractivity (Wildman–Crippen MR) is 148 cm³/mol. The lowest BCUT2D eigenvalue weighted by atomic mass is 9.96. The maximum absolute atomic E-state index is 5.49. The van der Waals surface area contributed by atoms with Crippen molar-refractivity contribution in [2.75, 3.05) is 44.7 Å². The van der Waals surface area contributed by atoms with Crippen molar-refractivity contribution in [3.63, 3.8) is 0 Å². The average molecular weight is 525 g/mol. The van der Waals surface area contributed by atoms with Gasteiger partial charge in [0, 0.05) is 43.7 Å². The molecule has 5 aromatic rings. The van der Waals surface area contributed by atoms with E-state index in [1.54, 1.807) is 6.33 Å². The molecule has 200 valence electrons. The van der Waals surface area contributed by atoms with Gasteiger partial charge in [0.15, 0.2) is 0 Å². The number of aromatic amines is 1. The fourth-order valence-electron chi connectivity index (χ4n) is 5.13. The molecular weight excluding hydrogens is 492 g/mol. The van der Waals surface area contributed by atoms with Crippen LogP contribution in [0.3, 0.4) is 0 Å². The van der Waals surface area contributed by atoms with Crippen molar-refractivity contribution in [1.82, 2.24) is 45.1 Å². The van der Waals surface area contributed by atoms with E-state index in [0.717, 1.165) is 92.4 Å². The molecule has 0 bridgehead atoms. The topological polar surface area (TPSA) is 122 Å². The number of nitrogens with zero attached hydrogens (tertiary/aromatic N) is 8. The van der Waals surface area contributed by atoms with E-state index in [-0.39, 0.29) is 0 Å². The van der Waals surface area contributed by atoms with Crippen molar-refractivity contribution < 1.29 is 4.74 Å². The first-order chi connectivity index (χ1) is 19.3. The number of aromatic nitrogens is 8. The van der Waals surface area contributed by atoms with Gasteiger partial charge in [-0.1, -0.05) is 61.9 Å². The van der Waals surface area contributed by atoms with E-state index >= 15 is 0 Å². The van der Waals surface area contributed by atoms with Gasteiger partial charge in [-0.25, -0.2) is 4.52 Å². The molecule has 11 heteroatoms. The van der Waals surface area contributed by atoms with Gasteiger partial charge in [-0.3, -0.25) is 4.90 Å². The molecule has 1 aliphatic heterocycles. The third-order valence-electron chi connectivity index (χ3n) is 7.10. The van der Waals surface area contributed by atoms with Crippen molar-refractivity contribution in [2.24, 2.45) is 0 Å². The van der Waals surface area contributed by atoms with Gasteiger partial charge < -0.3 is 10.1 Å². The number of hydrogen-bond donors (Lipinski definition) is 2. The molecule has 3 aromatic heterocycles. The van der Waals surface area contributed by atoms with E-state index in [1.165, 1.54) is 5.56 Å². The summed E-state index contributed by atoms with van der Waals surface area (Å²) in [7, 11) is 0. The lowest BCUT2D eigenvalue weighted by molar-refractivity contribution is 0.0398. The van der Waals surface area contributed by atoms with Crippen LogP contribution in [-0.4, -0.2) is 84.5 Å². The third kappa shape index (κ3) is 5.50. The molecule has 39 heavy (non-hydrogen) atoms. The highest BCUT2D eigenvalue weighted by atomic mass is 16.5. The van der Waals surface area contributed by atoms with Crippen molar-refractivity contribution in [1.29, 1.82) is 0 Å². The summed E-state index contributed by atoms with van der Waals surface area (Å²) < 4.78 is 7.38. The summed E-state index contributed by atoms with van der Waals surface area (Å²) in [6.45, 7) is 7.47. The molecule has 1 saturated heterocycles. The Balaban J connectivity index is 1.28. The maximum atomic E-state index is 5.49. The second kappa shape index (κ2) is 11.7. The Labute approximate surface area is 226 Å². The molecule has 0 saturated carbocycles. The minimum absolute atomic E-state index is 0.582. The number of tetrazole rings is 1. The molecule has 0 spiro atoms. The van der Waals surface area contributed by atoms with Crippen LogP contribution in [0.2, 0.25) is 0 Å². The van der Waals surface area contributed by atoms with Crippen LogP contribution in [0.25, 0.3) is 28.3 Å². The van der Waals surface area contributed by atoms with Crippen LogP contribution in [0.1, 0.15) is 30.2 Å². The van der Waals surface area contributed by atoms with Crippen LogP contribution < -0.4 is 5.32 Å². The van der Waals surface area contributed by atoms with Gasteiger partial charge in [0.1, 0.15) is 12.1 Å². The van der Waals surface area contributed by atoms with Gasteiger partial charge in [-0.15, -0.1) is 10.2 Å². The summed E-state index contributed by atoms with van der Waals surface area (Å²) >= 11 is 0. The van der Waals surface area contributed by atoms with Crippen LogP contribution in [0.5, 0.6) is 0 Å². The van der Waals surface area contributed by atoms with Crippen LogP contribution in [0.4, 0.5) is 5.82 Å². The lowest BCUT2D eigenvalue weighted by Gasteiger charge is -2.26. The van der Waals surface area contributed by atoms with Gasteiger partial charge >= 0.3 is 0 Å². The number of hydrogen-bond acceptors (Lipinski definition) is 9. The third-order valence-corrected chi connectivity index (χ3v) is 7.10. The molecule has 2 aromatic carbocycles. The minimum atomic E-state index is 0.582. The fourth-order valence-corrected chi connectivity index (χ4v) is 5.13.